The molecule has 0 radical (unpaired) electrons. The average Bonchev–Trinajstić information content (AvgIpc) is 2.81. The van der Waals surface area contributed by atoms with Gasteiger partial charge < -0.3 is 10.2 Å². The number of hydrogen-bond acceptors (Lipinski definition) is 4. The Kier molecular flexibility index (Phi) is 6.40. The number of hydrogen-bond donors (Lipinski definition) is 1. The summed E-state index contributed by atoms with van der Waals surface area (Å²) >= 11 is 1.38. The lowest BCUT2D eigenvalue weighted by Gasteiger charge is -2.15. The van der Waals surface area contributed by atoms with Crippen LogP contribution in [-0.4, -0.2) is 30.9 Å². The zero-order chi connectivity index (χ0) is 13.4. The van der Waals surface area contributed by atoms with E-state index in [0.29, 0.717) is 17.0 Å². The fourth-order valence-corrected chi connectivity index (χ4v) is 2.27. The standard InChI is InChI=1S/C13H19N3OS/c1-3-4-7-16(2)8-5-12(17)15-13-11(10-14)6-9-18-13/h6,9H,3-5,7-8H2,1-2H3,(H,15,17). The maximum atomic E-state index is 11.7. The molecule has 98 valence electrons. The van der Waals surface area contributed by atoms with E-state index in [0.717, 1.165) is 25.9 Å². The highest BCUT2D eigenvalue weighted by molar-refractivity contribution is 7.14. The van der Waals surface area contributed by atoms with E-state index in [9.17, 15) is 4.79 Å². The fraction of sp³-hybridized carbons (Fsp3) is 0.538. The van der Waals surface area contributed by atoms with Gasteiger partial charge in [0.2, 0.25) is 5.91 Å². The Morgan fingerprint density at radius 2 is 2.33 bits per heavy atom. The molecule has 0 aliphatic carbocycles. The summed E-state index contributed by atoms with van der Waals surface area (Å²) in [6.45, 7) is 3.92. The van der Waals surface area contributed by atoms with Crippen LogP contribution in [-0.2, 0) is 4.79 Å². The van der Waals surface area contributed by atoms with E-state index in [1.165, 1.54) is 11.3 Å². The van der Waals surface area contributed by atoms with Crippen molar-refractivity contribution in [2.45, 2.75) is 26.2 Å². The summed E-state index contributed by atoms with van der Waals surface area (Å²) in [6, 6.07) is 3.77. The van der Waals surface area contributed by atoms with Crippen LogP contribution in [0, 0.1) is 11.3 Å². The number of nitriles is 1. The monoisotopic (exact) mass is 265 g/mol. The summed E-state index contributed by atoms with van der Waals surface area (Å²) in [5.41, 5.74) is 0.535. The van der Waals surface area contributed by atoms with Gasteiger partial charge >= 0.3 is 0 Å². The van der Waals surface area contributed by atoms with Gasteiger partial charge in [-0.2, -0.15) is 5.26 Å². The number of carbonyl (C=O) groups excluding carboxylic acids is 1. The molecule has 0 saturated carbocycles. The van der Waals surface area contributed by atoms with Crippen LogP contribution in [0.5, 0.6) is 0 Å². The highest BCUT2D eigenvalue weighted by Crippen LogP contribution is 2.22. The Morgan fingerprint density at radius 1 is 1.56 bits per heavy atom. The van der Waals surface area contributed by atoms with Gasteiger partial charge in [0.05, 0.1) is 5.56 Å². The van der Waals surface area contributed by atoms with Gasteiger partial charge in [-0.05, 0) is 31.5 Å². The summed E-state index contributed by atoms with van der Waals surface area (Å²) in [6.07, 6.45) is 2.78. The van der Waals surface area contributed by atoms with Crippen LogP contribution in [0.4, 0.5) is 5.00 Å². The van der Waals surface area contributed by atoms with Crippen molar-refractivity contribution >= 4 is 22.2 Å². The summed E-state index contributed by atoms with van der Waals surface area (Å²) < 4.78 is 0. The van der Waals surface area contributed by atoms with E-state index in [4.69, 9.17) is 5.26 Å². The van der Waals surface area contributed by atoms with Crippen molar-refractivity contribution in [3.8, 4) is 6.07 Å². The second-order valence-electron chi connectivity index (χ2n) is 4.23. The van der Waals surface area contributed by atoms with Crippen molar-refractivity contribution in [2.75, 3.05) is 25.5 Å². The molecule has 0 aromatic carbocycles. The molecule has 18 heavy (non-hydrogen) atoms. The summed E-state index contributed by atoms with van der Waals surface area (Å²) in [4.78, 5) is 13.9. The third kappa shape index (κ3) is 4.86. The molecule has 0 atom stereocenters. The Hall–Kier alpha value is -1.38. The number of carbonyl (C=O) groups is 1. The van der Waals surface area contributed by atoms with Gasteiger partial charge in [0, 0.05) is 13.0 Å². The van der Waals surface area contributed by atoms with E-state index in [-0.39, 0.29) is 5.91 Å². The van der Waals surface area contributed by atoms with Crippen LogP contribution in [0.1, 0.15) is 31.7 Å². The van der Waals surface area contributed by atoms with Gasteiger partial charge in [-0.1, -0.05) is 13.3 Å². The molecule has 0 aliphatic rings. The van der Waals surface area contributed by atoms with E-state index in [2.05, 4.69) is 23.2 Å². The van der Waals surface area contributed by atoms with E-state index >= 15 is 0 Å². The van der Waals surface area contributed by atoms with Crippen molar-refractivity contribution in [3.05, 3.63) is 17.0 Å². The van der Waals surface area contributed by atoms with Gasteiger partial charge in [-0.25, -0.2) is 0 Å². The SMILES string of the molecule is CCCCN(C)CCC(=O)Nc1sccc1C#N. The van der Waals surface area contributed by atoms with Crippen molar-refractivity contribution < 1.29 is 4.79 Å². The molecule has 5 heteroatoms. The molecule has 0 bridgehead atoms. The van der Waals surface area contributed by atoms with Crippen LogP contribution >= 0.6 is 11.3 Å². The normalized spacial score (nSPS) is 10.3. The summed E-state index contributed by atoms with van der Waals surface area (Å²) in [5, 5.41) is 14.1. The van der Waals surface area contributed by atoms with Crippen LogP contribution in [0.25, 0.3) is 0 Å². The summed E-state index contributed by atoms with van der Waals surface area (Å²) in [7, 11) is 2.02. The third-order valence-corrected chi connectivity index (χ3v) is 3.48. The number of thiophene rings is 1. The highest BCUT2D eigenvalue weighted by atomic mass is 32.1. The molecule has 0 fully saturated rings. The Labute approximate surface area is 112 Å². The molecule has 0 saturated heterocycles. The lowest BCUT2D eigenvalue weighted by Crippen LogP contribution is -2.25. The molecule has 1 aromatic rings. The molecule has 0 aliphatic heterocycles. The molecule has 4 nitrogen and oxygen atoms in total. The minimum absolute atomic E-state index is 0.0303. The molecular formula is C13H19N3OS. The van der Waals surface area contributed by atoms with Crippen LogP contribution in [0.15, 0.2) is 11.4 Å². The number of anilines is 1. The summed E-state index contributed by atoms with van der Waals surface area (Å²) in [5.74, 6) is -0.0303. The predicted molar refractivity (Wildman–Crippen MR) is 74.7 cm³/mol. The maximum Gasteiger partial charge on any atom is 0.226 e. The van der Waals surface area contributed by atoms with Crippen LogP contribution < -0.4 is 5.32 Å². The number of nitrogens with one attached hydrogen (secondary N) is 1. The van der Waals surface area contributed by atoms with Gasteiger partial charge in [0.1, 0.15) is 11.1 Å². The second kappa shape index (κ2) is 7.85. The third-order valence-electron chi connectivity index (χ3n) is 2.65. The van der Waals surface area contributed by atoms with E-state index in [1.54, 1.807) is 6.07 Å². The molecule has 0 unspecified atom stereocenters. The Bertz CT molecular complexity index is 422. The molecule has 1 aromatic heterocycles. The fourth-order valence-electron chi connectivity index (χ4n) is 1.52. The highest BCUT2D eigenvalue weighted by Gasteiger charge is 2.08. The Balaban J connectivity index is 2.32. The lowest BCUT2D eigenvalue weighted by molar-refractivity contribution is -0.116. The zero-order valence-electron chi connectivity index (χ0n) is 10.9. The first kappa shape index (κ1) is 14.7. The Morgan fingerprint density at radius 3 is 3.00 bits per heavy atom. The smallest absolute Gasteiger partial charge is 0.226 e. The largest absolute Gasteiger partial charge is 0.317 e. The van der Waals surface area contributed by atoms with Crippen molar-refractivity contribution in [1.82, 2.24) is 4.90 Å². The first-order chi connectivity index (χ1) is 8.67. The predicted octanol–water partition coefficient (Wildman–Crippen LogP) is 2.68. The lowest BCUT2D eigenvalue weighted by atomic mass is 10.3. The quantitative estimate of drug-likeness (QED) is 0.824. The van der Waals surface area contributed by atoms with Crippen molar-refractivity contribution in [2.24, 2.45) is 0 Å². The minimum atomic E-state index is -0.0303. The molecule has 1 N–H and O–H groups in total. The molecule has 1 rings (SSSR count). The van der Waals surface area contributed by atoms with Gasteiger partial charge in [0.15, 0.2) is 0 Å². The number of rotatable bonds is 7. The van der Waals surface area contributed by atoms with E-state index < -0.39 is 0 Å². The topological polar surface area (TPSA) is 56.1 Å². The molecule has 1 heterocycles. The van der Waals surface area contributed by atoms with Gasteiger partial charge in [-0.15, -0.1) is 11.3 Å². The zero-order valence-corrected chi connectivity index (χ0v) is 11.7. The number of amides is 1. The van der Waals surface area contributed by atoms with E-state index in [1.807, 2.05) is 12.4 Å². The minimum Gasteiger partial charge on any atom is -0.317 e. The maximum absolute atomic E-state index is 11.7. The average molecular weight is 265 g/mol. The first-order valence-corrected chi connectivity index (χ1v) is 7.01. The molecule has 1 amide bonds. The van der Waals surface area contributed by atoms with Crippen molar-refractivity contribution in [3.63, 3.8) is 0 Å². The molecular weight excluding hydrogens is 246 g/mol. The van der Waals surface area contributed by atoms with Crippen molar-refractivity contribution in [1.29, 1.82) is 5.26 Å². The first-order valence-electron chi connectivity index (χ1n) is 6.13. The van der Waals surface area contributed by atoms with Gasteiger partial charge in [-0.3, -0.25) is 4.79 Å². The number of unbranched alkanes of at least 4 members (excludes halogenated alkanes) is 1. The van der Waals surface area contributed by atoms with Gasteiger partial charge in [0.25, 0.3) is 0 Å². The van der Waals surface area contributed by atoms with Crippen LogP contribution in [0.3, 0.4) is 0 Å². The number of nitrogens with zero attached hydrogens (tertiary/aromatic N) is 2. The molecule has 0 spiro atoms. The second-order valence-corrected chi connectivity index (χ2v) is 5.15. The van der Waals surface area contributed by atoms with Crippen LogP contribution in [0.2, 0.25) is 0 Å².